The van der Waals surface area contributed by atoms with Gasteiger partial charge in [-0.3, -0.25) is 4.57 Å². The molecule has 96 valence electrons. The fraction of sp³-hybridized carbons (Fsp3) is 0.500. The van der Waals surface area contributed by atoms with Crippen LogP contribution >= 0.6 is 0 Å². The van der Waals surface area contributed by atoms with E-state index in [4.69, 9.17) is 4.74 Å². The van der Waals surface area contributed by atoms with E-state index < -0.39 is 0 Å². The molecule has 18 heavy (non-hydrogen) atoms. The van der Waals surface area contributed by atoms with Crippen LogP contribution in [0.3, 0.4) is 0 Å². The maximum Gasteiger partial charge on any atom is 0.326 e. The number of nitrogens with one attached hydrogen (secondary N) is 1. The van der Waals surface area contributed by atoms with E-state index in [1.165, 1.54) is 6.42 Å². The zero-order chi connectivity index (χ0) is 12.5. The molecular weight excluding hydrogens is 228 g/mol. The fourth-order valence-electron chi connectivity index (χ4n) is 2.61. The molecular formula is C14H18N2O2. The first kappa shape index (κ1) is 11.5. The molecule has 2 aromatic rings. The Labute approximate surface area is 106 Å². The molecule has 0 aliphatic carbocycles. The minimum atomic E-state index is -0.0372. The van der Waals surface area contributed by atoms with Gasteiger partial charge in [0.25, 0.3) is 0 Å². The zero-order valence-corrected chi connectivity index (χ0v) is 10.6. The van der Waals surface area contributed by atoms with Crippen molar-refractivity contribution >= 4 is 11.0 Å². The second-order valence-electron chi connectivity index (χ2n) is 5.05. The first-order valence-electron chi connectivity index (χ1n) is 6.55. The van der Waals surface area contributed by atoms with Gasteiger partial charge in [0.1, 0.15) is 0 Å². The number of fused-ring (bicyclic) bond motifs is 1. The SMILES string of the molecule is Cc1ccc2c(c1)[nH]c(=O)n2CC1CCCCO1. The van der Waals surface area contributed by atoms with Crippen LogP contribution in [0.1, 0.15) is 24.8 Å². The molecule has 1 aliphatic heterocycles. The highest BCUT2D eigenvalue weighted by atomic mass is 16.5. The Balaban J connectivity index is 1.95. The summed E-state index contributed by atoms with van der Waals surface area (Å²) in [4.78, 5) is 14.9. The molecule has 1 aliphatic rings. The molecule has 1 unspecified atom stereocenters. The first-order valence-corrected chi connectivity index (χ1v) is 6.55. The number of nitrogens with zero attached hydrogens (tertiary/aromatic N) is 1. The average Bonchev–Trinajstić information content (AvgIpc) is 2.66. The topological polar surface area (TPSA) is 47.0 Å². The van der Waals surface area contributed by atoms with Crippen LogP contribution in [0.4, 0.5) is 0 Å². The lowest BCUT2D eigenvalue weighted by atomic mass is 10.1. The molecule has 1 aromatic carbocycles. The van der Waals surface area contributed by atoms with Crippen molar-refractivity contribution in [1.82, 2.24) is 9.55 Å². The zero-order valence-electron chi connectivity index (χ0n) is 10.6. The van der Waals surface area contributed by atoms with E-state index in [1.807, 2.05) is 25.1 Å². The Bertz CT molecular complexity index is 606. The van der Waals surface area contributed by atoms with Crippen molar-refractivity contribution in [3.63, 3.8) is 0 Å². The first-order chi connectivity index (χ1) is 8.74. The highest BCUT2D eigenvalue weighted by Crippen LogP contribution is 2.17. The smallest absolute Gasteiger partial charge is 0.326 e. The molecule has 0 spiro atoms. The Hall–Kier alpha value is -1.55. The summed E-state index contributed by atoms with van der Waals surface area (Å²) < 4.78 is 7.50. The Morgan fingerprint density at radius 2 is 2.33 bits per heavy atom. The van der Waals surface area contributed by atoms with E-state index in [1.54, 1.807) is 4.57 Å². The van der Waals surface area contributed by atoms with Gasteiger partial charge in [-0.1, -0.05) is 6.07 Å². The molecule has 1 saturated heterocycles. The number of aromatic amines is 1. The van der Waals surface area contributed by atoms with E-state index in [9.17, 15) is 4.79 Å². The molecule has 1 aromatic heterocycles. The molecule has 4 heteroatoms. The minimum Gasteiger partial charge on any atom is -0.376 e. The van der Waals surface area contributed by atoms with Crippen molar-refractivity contribution in [2.45, 2.75) is 38.8 Å². The number of imidazole rings is 1. The number of ether oxygens (including phenoxy) is 1. The lowest BCUT2D eigenvalue weighted by Crippen LogP contribution is -2.29. The number of benzene rings is 1. The van der Waals surface area contributed by atoms with Crippen LogP contribution in [0, 0.1) is 6.92 Å². The fourth-order valence-corrected chi connectivity index (χ4v) is 2.61. The highest BCUT2D eigenvalue weighted by molar-refractivity contribution is 5.75. The normalized spacial score (nSPS) is 20.4. The molecule has 0 radical (unpaired) electrons. The van der Waals surface area contributed by atoms with Gasteiger partial charge in [0.2, 0.25) is 0 Å². The number of H-pyrrole nitrogens is 1. The number of aryl methyl sites for hydroxylation is 1. The predicted octanol–water partition coefficient (Wildman–Crippen LogP) is 2.21. The van der Waals surface area contributed by atoms with Crippen LogP contribution in [0.2, 0.25) is 0 Å². The number of hydrogen-bond acceptors (Lipinski definition) is 2. The quantitative estimate of drug-likeness (QED) is 0.883. The molecule has 0 bridgehead atoms. The molecule has 3 rings (SSSR count). The van der Waals surface area contributed by atoms with Crippen LogP contribution < -0.4 is 5.69 Å². The van der Waals surface area contributed by atoms with Crippen molar-refractivity contribution in [2.24, 2.45) is 0 Å². The molecule has 1 fully saturated rings. The van der Waals surface area contributed by atoms with Gasteiger partial charge in [-0.05, 0) is 43.9 Å². The average molecular weight is 246 g/mol. The third-order valence-corrected chi connectivity index (χ3v) is 3.59. The Morgan fingerprint density at radius 3 is 3.11 bits per heavy atom. The van der Waals surface area contributed by atoms with Gasteiger partial charge in [0.05, 0.1) is 23.7 Å². The van der Waals surface area contributed by atoms with Crippen molar-refractivity contribution in [3.8, 4) is 0 Å². The van der Waals surface area contributed by atoms with Crippen molar-refractivity contribution in [2.75, 3.05) is 6.61 Å². The summed E-state index contributed by atoms with van der Waals surface area (Å²) >= 11 is 0. The van der Waals surface area contributed by atoms with Gasteiger partial charge >= 0.3 is 5.69 Å². The lowest BCUT2D eigenvalue weighted by molar-refractivity contribution is 0.00613. The largest absolute Gasteiger partial charge is 0.376 e. The summed E-state index contributed by atoms with van der Waals surface area (Å²) in [5, 5.41) is 0. The van der Waals surface area contributed by atoms with Gasteiger partial charge in [-0.15, -0.1) is 0 Å². The third kappa shape index (κ3) is 2.08. The Morgan fingerprint density at radius 1 is 1.44 bits per heavy atom. The predicted molar refractivity (Wildman–Crippen MR) is 70.9 cm³/mol. The number of rotatable bonds is 2. The Kier molecular flexibility index (Phi) is 2.96. The number of aromatic nitrogens is 2. The van der Waals surface area contributed by atoms with Crippen LogP contribution in [0.5, 0.6) is 0 Å². The molecule has 0 saturated carbocycles. The molecule has 1 atom stereocenters. The summed E-state index contributed by atoms with van der Waals surface area (Å²) in [7, 11) is 0. The van der Waals surface area contributed by atoms with Crippen LogP contribution in [-0.2, 0) is 11.3 Å². The van der Waals surface area contributed by atoms with E-state index in [0.29, 0.717) is 6.54 Å². The standard InChI is InChI=1S/C14H18N2O2/c1-10-5-6-13-12(8-10)15-14(17)16(13)9-11-4-2-3-7-18-11/h5-6,8,11H,2-4,7,9H2,1H3,(H,15,17). The summed E-state index contributed by atoms with van der Waals surface area (Å²) in [5.41, 5.74) is 3.00. The van der Waals surface area contributed by atoms with E-state index >= 15 is 0 Å². The monoisotopic (exact) mass is 246 g/mol. The third-order valence-electron chi connectivity index (χ3n) is 3.59. The maximum absolute atomic E-state index is 12.0. The number of hydrogen-bond donors (Lipinski definition) is 1. The van der Waals surface area contributed by atoms with Gasteiger partial charge in [-0.25, -0.2) is 4.79 Å². The van der Waals surface area contributed by atoms with Crippen LogP contribution in [0.15, 0.2) is 23.0 Å². The molecule has 1 N–H and O–H groups in total. The summed E-state index contributed by atoms with van der Waals surface area (Å²) in [5.74, 6) is 0. The highest BCUT2D eigenvalue weighted by Gasteiger charge is 2.17. The van der Waals surface area contributed by atoms with Crippen molar-refractivity contribution < 1.29 is 4.74 Å². The molecule has 2 heterocycles. The van der Waals surface area contributed by atoms with Gasteiger partial charge < -0.3 is 9.72 Å². The summed E-state index contributed by atoms with van der Waals surface area (Å²) in [6, 6.07) is 6.05. The summed E-state index contributed by atoms with van der Waals surface area (Å²) in [6.07, 6.45) is 3.56. The van der Waals surface area contributed by atoms with Crippen molar-refractivity contribution in [3.05, 3.63) is 34.2 Å². The van der Waals surface area contributed by atoms with Gasteiger partial charge in [0, 0.05) is 6.61 Å². The van der Waals surface area contributed by atoms with E-state index in [0.717, 1.165) is 36.0 Å². The van der Waals surface area contributed by atoms with Crippen LogP contribution in [0.25, 0.3) is 11.0 Å². The van der Waals surface area contributed by atoms with Crippen LogP contribution in [-0.4, -0.2) is 22.3 Å². The maximum atomic E-state index is 12.0. The van der Waals surface area contributed by atoms with Gasteiger partial charge in [-0.2, -0.15) is 0 Å². The second kappa shape index (κ2) is 4.61. The van der Waals surface area contributed by atoms with E-state index in [2.05, 4.69) is 4.98 Å². The molecule has 0 amide bonds. The molecule has 4 nitrogen and oxygen atoms in total. The van der Waals surface area contributed by atoms with E-state index in [-0.39, 0.29) is 11.8 Å². The lowest BCUT2D eigenvalue weighted by Gasteiger charge is -2.22. The minimum absolute atomic E-state index is 0.0372. The second-order valence-corrected chi connectivity index (χ2v) is 5.05. The summed E-state index contributed by atoms with van der Waals surface area (Å²) in [6.45, 7) is 3.50. The van der Waals surface area contributed by atoms with Gasteiger partial charge in [0.15, 0.2) is 0 Å². The van der Waals surface area contributed by atoms with Crippen molar-refractivity contribution in [1.29, 1.82) is 0 Å².